The Kier molecular flexibility index (Phi) is 6.86. The smallest absolute Gasteiger partial charge is 0.322 e. The predicted octanol–water partition coefficient (Wildman–Crippen LogP) is 3.89. The van der Waals surface area contributed by atoms with E-state index in [2.05, 4.69) is 10.3 Å². The molecule has 0 saturated carbocycles. The molecule has 10 nitrogen and oxygen atoms in total. The van der Waals surface area contributed by atoms with Crippen LogP contribution in [0.15, 0.2) is 67.0 Å². The van der Waals surface area contributed by atoms with Crippen molar-refractivity contribution < 1.29 is 18.9 Å². The standard InChI is InChI=1S/C24H23FN6O4/c1-28(19-8-10-26-11-9-19)18-4-2-17(3-5-18)23(32)29-12-14-30(15-13-29)24(33)27-22-16-20(31(34)35)6-7-21(22)25/h2-11,16H,12-15H2,1H3,(H,27,33). The summed E-state index contributed by atoms with van der Waals surface area (Å²) in [5, 5.41) is 13.3. The highest BCUT2D eigenvalue weighted by Crippen LogP contribution is 2.24. The van der Waals surface area contributed by atoms with Crippen LogP contribution < -0.4 is 10.2 Å². The van der Waals surface area contributed by atoms with Crippen molar-refractivity contribution in [1.29, 1.82) is 0 Å². The Morgan fingerprint density at radius 3 is 2.20 bits per heavy atom. The van der Waals surface area contributed by atoms with Crippen LogP contribution in [0.25, 0.3) is 0 Å². The topological polar surface area (TPSA) is 112 Å². The maximum absolute atomic E-state index is 14.0. The summed E-state index contributed by atoms with van der Waals surface area (Å²) in [6, 6.07) is 13.4. The maximum atomic E-state index is 14.0. The number of carbonyl (C=O) groups is 2. The Labute approximate surface area is 200 Å². The zero-order chi connectivity index (χ0) is 24.9. The third-order valence-electron chi connectivity index (χ3n) is 5.81. The number of rotatable bonds is 5. The van der Waals surface area contributed by atoms with E-state index < -0.39 is 16.8 Å². The minimum atomic E-state index is -0.768. The molecule has 0 atom stereocenters. The number of urea groups is 1. The number of nitro benzene ring substituents is 1. The lowest BCUT2D eigenvalue weighted by Crippen LogP contribution is -2.51. The second kappa shape index (κ2) is 10.2. The van der Waals surface area contributed by atoms with Gasteiger partial charge in [0.1, 0.15) is 5.82 Å². The van der Waals surface area contributed by atoms with E-state index in [1.165, 1.54) is 4.90 Å². The van der Waals surface area contributed by atoms with E-state index >= 15 is 0 Å². The molecule has 3 amide bonds. The molecule has 35 heavy (non-hydrogen) atoms. The Morgan fingerprint density at radius 2 is 1.57 bits per heavy atom. The zero-order valence-corrected chi connectivity index (χ0v) is 18.9. The van der Waals surface area contributed by atoms with Crippen LogP contribution in [0.5, 0.6) is 0 Å². The highest BCUT2D eigenvalue weighted by atomic mass is 19.1. The third-order valence-corrected chi connectivity index (χ3v) is 5.81. The number of piperazine rings is 1. The molecule has 1 aromatic heterocycles. The molecule has 0 radical (unpaired) electrons. The van der Waals surface area contributed by atoms with E-state index in [1.54, 1.807) is 29.4 Å². The molecular formula is C24H23FN6O4. The van der Waals surface area contributed by atoms with Crippen molar-refractivity contribution >= 4 is 34.7 Å². The Morgan fingerprint density at radius 1 is 0.971 bits per heavy atom. The molecule has 1 aliphatic heterocycles. The highest BCUT2D eigenvalue weighted by Gasteiger charge is 2.26. The monoisotopic (exact) mass is 478 g/mol. The summed E-state index contributed by atoms with van der Waals surface area (Å²) in [5.74, 6) is -0.913. The van der Waals surface area contributed by atoms with E-state index in [4.69, 9.17) is 0 Å². The van der Waals surface area contributed by atoms with Crippen molar-refractivity contribution in [2.45, 2.75) is 0 Å². The van der Waals surface area contributed by atoms with Crippen LogP contribution in [0.2, 0.25) is 0 Å². The van der Waals surface area contributed by atoms with Gasteiger partial charge in [0.05, 0.1) is 10.6 Å². The van der Waals surface area contributed by atoms with Gasteiger partial charge < -0.3 is 20.0 Å². The molecule has 0 bridgehead atoms. The lowest BCUT2D eigenvalue weighted by Gasteiger charge is -2.34. The fraction of sp³-hybridized carbons (Fsp3) is 0.208. The first kappa shape index (κ1) is 23.6. The quantitative estimate of drug-likeness (QED) is 0.440. The first-order valence-electron chi connectivity index (χ1n) is 10.9. The van der Waals surface area contributed by atoms with Crippen LogP contribution in [-0.2, 0) is 0 Å². The van der Waals surface area contributed by atoms with Crippen molar-refractivity contribution in [1.82, 2.24) is 14.8 Å². The average molecular weight is 478 g/mol. The number of aromatic nitrogens is 1. The highest BCUT2D eigenvalue weighted by molar-refractivity contribution is 5.95. The number of hydrogen-bond donors (Lipinski definition) is 1. The minimum Gasteiger partial charge on any atom is -0.345 e. The molecule has 2 aromatic carbocycles. The largest absolute Gasteiger partial charge is 0.345 e. The number of benzene rings is 2. The number of nitrogens with zero attached hydrogens (tertiary/aromatic N) is 5. The van der Waals surface area contributed by atoms with Crippen molar-refractivity contribution in [3.05, 3.63) is 88.5 Å². The molecule has 0 spiro atoms. The summed E-state index contributed by atoms with van der Waals surface area (Å²) in [7, 11) is 1.93. The molecular weight excluding hydrogens is 455 g/mol. The van der Waals surface area contributed by atoms with Gasteiger partial charge in [-0.05, 0) is 42.5 Å². The second-order valence-corrected chi connectivity index (χ2v) is 7.94. The molecule has 180 valence electrons. The fourth-order valence-corrected chi connectivity index (χ4v) is 3.76. The lowest BCUT2D eigenvalue weighted by atomic mass is 10.1. The Hall–Kier alpha value is -4.54. The van der Waals surface area contributed by atoms with E-state index in [1.807, 2.05) is 36.2 Å². The molecule has 3 aromatic rings. The van der Waals surface area contributed by atoms with Crippen molar-refractivity contribution in [2.75, 3.05) is 43.4 Å². The van der Waals surface area contributed by atoms with Gasteiger partial charge in [-0.25, -0.2) is 9.18 Å². The van der Waals surface area contributed by atoms with Gasteiger partial charge in [-0.1, -0.05) is 0 Å². The Bertz CT molecular complexity index is 1230. The van der Waals surface area contributed by atoms with Gasteiger partial charge in [0, 0.05) is 74.7 Å². The van der Waals surface area contributed by atoms with E-state index in [0.29, 0.717) is 18.7 Å². The van der Waals surface area contributed by atoms with Gasteiger partial charge in [-0.2, -0.15) is 0 Å². The third kappa shape index (κ3) is 5.35. The number of pyridine rings is 1. The molecule has 4 rings (SSSR count). The first-order valence-corrected chi connectivity index (χ1v) is 10.9. The lowest BCUT2D eigenvalue weighted by molar-refractivity contribution is -0.384. The normalized spacial score (nSPS) is 13.3. The van der Waals surface area contributed by atoms with Crippen LogP contribution in [-0.4, -0.2) is 64.9 Å². The average Bonchev–Trinajstić information content (AvgIpc) is 2.89. The van der Waals surface area contributed by atoms with Crippen LogP contribution >= 0.6 is 0 Å². The molecule has 1 aliphatic rings. The van der Waals surface area contributed by atoms with Gasteiger partial charge in [-0.15, -0.1) is 0 Å². The van der Waals surface area contributed by atoms with E-state index in [0.717, 1.165) is 29.6 Å². The molecule has 1 saturated heterocycles. The van der Waals surface area contributed by atoms with Crippen LogP contribution in [0, 0.1) is 15.9 Å². The van der Waals surface area contributed by atoms with E-state index in [9.17, 15) is 24.1 Å². The number of halogens is 1. The minimum absolute atomic E-state index is 0.145. The second-order valence-electron chi connectivity index (χ2n) is 7.94. The molecule has 1 N–H and O–H groups in total. The number of anilines is 3. The number of amides is 3. The number of hydrogen-bond acceptors (Lipinski definition) is 6. The summed E-state index contributed by atoms with van der Waals surface area (Å²) >= 11 is 0. The number of non-ortho nitro benzene ring substituents is 1. The summed E-state index contributed by atoms with van der Waals surface area (Å²) in [4.78, 5) is 44.8. The summed E-state index contributed by atoms with van der Waals surface area (Å²) in [6.07, 6.45) is 3.42. The van der Waals surface area contributed by atoms with Crippen molar-refractivity contribution in [3.8, 4) is 0 Å². The summed E-state index contributed by atoms with van der Waals surface area (Å²) in [6.45, 7) is 1.11. The van der Waals surface area contributed by atoms with Gasteiger partial charge in [0.15, 0.2) is 0 Å². The van der Waals surface area contributed by atoms with Crippen LogP contribution in [0.4, 0.5) is 31.9 Å². The first-order chi connectivity index (χ1) is 16.8. The molecule has 1 fully saturated rings. The van der Waals surface area contributed by atoms with E-state index in [-0.39, 0.29) is 30.4 Å². The van der Waals surface area contributed by atoms with Gasteiger partial charge >= 0.3 is 6.03 Å². The Balaban J connectivity index is 1.34. The predicted molar refractivity (Wildman–Crippen MR) is 128 cm³/mol. The zero-order valence-electron chi connectivity index (χ0n) is 18.9. The van der Waals surface area contributed by atoms with Gasteiger partial charge in [0.2, 0.25) is 0 Å². The van der Waals surface area contributed by atoms with Gasteiger partial charge in [-0.3, -0.25) is 19.9 Å². The summed E-state index contributed by atoms with van der Waals surface area (Å²) in [5.41, 5.74) is 1.84. The van der Waals surface area contributed by atoms with Crippen molar-refractivity contribution in [3.63, 3.8) is 0 Å². The molecule has 11 heteroatoms. The number of nitro groups is 1. The van der Waals surface area contributed by atoms with Crippen molar-refractivity contribution in [2.24, 2.45) is 0 Å². The SMILES string of the molecule is CN(c1ccncc1)c1ccc(C(=O)N2CCN(C(=O)Nc3cc([N+](=O)[O-])ccc3F)CC2)cc1. The number of nitrogens with one attached hydrogen (secondary N) is 1. The summed E-state index contributed by atoms with van der Waals surface area (Å²) < 4.78 is 14.0. The van der Waals surface area contributed by atoms with Crippen LogP contribution in [0.3, 0.4) is 0 Å². The maximum Gasteiger partial charge on any atom is 0.322 e. The molecule has 0 unspecified atom stereocenters. The molecule has 0 aliphatic carbocycles. The molecule has 2 heterocycles. The number of carbonyl (C=O) groups excluding carboxylic acids is 2. The van der Waals surface area contributed by atoms with Gasteiger partial charge in [0.25, 0.3) is 11.6 Å². The fourth-order valence-electron chi connectivity index (χ4n) is 3.76. The van der Waals surface area contributed by atoms with Crippen LogP contribution in [0.1, 0.15) is 10.4 Å².